The first-order valence-electron chi connectivity index (χ1n) is 6.28. The lowest BCUT2D eigenvalue weighted by atomic mass is 10.00. The smallest absolute Gasteiger partial charge is 0.311 e. The number of pyridine rings is 1. The Morgan fingerprint density at radius 2 is 2.32 bits per heavy atom. The number of anilines is 1. The number of nitro groups is 1. The average molecular weight is 330 g/mol. The Morgan fingerprint density at radius 3 is 3.00 bits per heavy atom. The minimum Gasteiger partial charge on any atom is -0.396 e. The van der Waals surface area contributed by atoms with Crippen molar-refractivity contribution in [3.63, 3.8) is 0 Å². The van der Waals surface area contributed by atoms with Crippen molar-refractivity contribution in [3.05, 3.63) is 27.0 Å². The third-order valence-corrected chi connectivity index (χ3v) is 4.17. The molecule has 1 aromatic heterocycles. The number of aliphatic hydroxyl groups is 1. The number of aliphatic hydroxyl groups excluding tert-OH is 1. The fourth-order valence-electron chi connectivity index (χ4n) is 2.63. The molecular formula is C12H16BrN3O3. The van der Waals surface area contributed by atoms with Gasteiger partial charge in [0.2, 0.25) is 0 Å². The molecule has 2 unspecified atom stereocenters. The van der Waals surface area contributed by atoms with Gasteiger partial charge in [-0.1, -0.05) is 6.42 Å². The molecule has 0 saturated heterocycles. The van der Waals surface area contributed by atoms with Crippen molar-refractivity contribution in [2.75, 3.05) is 11.9 Å². The van der Waals surface area contributed by atoms with Gasteiger partial charge in [0.15, 0.2) is 0 Å². The van der Waals surface area contributed by atoms with Gasteiger partial charge in [0.1, 0.15) is 11.9 Å². The number of hydrogen-bond donors (Lipinski definition) is 2. The summed E-state index contributed by atoms with van der Waals surface area (Å²) in [7, 11) is 0. The minimum absolute atomic E-state index is 0.0241. The van der Waals surface area contributed by atoms with Gasteiger partial charge >= 0.3 is 5.69 Å². The van der Waals surface area contributed by atoms with Crippen LogP contribution in [-0.4, -0.2) is 27.7 Å². The van der Waals surface area contributed by atoms with E-state index in [2.05, 4.69) is 26.2 Å². The number of halogens is 1. The first-order chi connectivity index (χ1) is 9.13. The summed E-state index contributed by atoms with van der Waals surface area (Å²) in [5, 5.41) is 23.3. The van der Waals surface area contributed by atoms with Gasteiger partial charge in [-0.3, -0.25) is 15.1 Å². The van der Waals surface area contributed by atoms with Crippen LogP contribution >= 0.6 is 15.9 Å². The van der Waals surface area contributed by atoms with Crippen LogP contribution in [0, 0.1) is 16.0 Å². The summed E-state index contributed by atoms with van der Waals surface area (Å²) in [6.07, 6.45) is 6.63. The molecule has 1 aromatic rings. The van der Waals surface area contributed by atoms with Crippen molar-refractivity contribution in [1.82, 2.24) is 4.98 Å². The van der Waals surface area contributed by atoms with E-state index in [-0.39, 0.29) is 18.3 Å². The van der Waals surface area contributed by atoms with E-state index in [4.69, 9.17) is 5.11 Å². The maximum atomic E-state index is 11.0. The second-order valence-electron chi connectivity index (χ2n) is 4.73. The second kappa shape index (κ2) is 6.29. The Labute approximate surface area is 119 Å². The summed E-state index contributed by atoms with van der Waals surface area (Å²) >= 11 is 3.30. The zero-order valence-electron chi connectivity index (χ0n) is 10.4. The number of aromatic nitrogens is 1. The Morgan fingerprint density at radius 1 is 1.53 bits per heavy atom. The van der Waals surface area contributed by atoms with Crippen LogP contribution in [-0.2, 0) is 0 Å². The summed E-state index contributed by atoms with van der Waals surface area (Å²) in [6.45, 7) is 0.155. The summed E-state index contributed by atoms with van der Waals surface area (Å²) in [5.74, 6) is 0.365. The fraction of sp³-hybridized carbons (Fsp3) is 0.583. The van der Waals surface area contributed by atoms with Gasteiger partial charge in [0.25, 0.3) is 0 Å². The Balaban J connectivity index is 2.20. The van der Waals surface area contributed by atoms with Crippen LogP contribution in [0.4, 0.5) is 11.4 Å². The van der Waals surface area contributed by atoms with Crippen molar-refractivity contribution in [2.24, 2.45) is 5.92 Å². The molecule has 2 atom stereocenters. The van der Waals surface area contributed by atoms with E-state index in [1.807, 2.05) is 0 Å². The maximum absolute atomic E-state index is 11.0. The van der Waals surface area contributed by atoms with Gasteiger partial charge in [0, 0.05) is 18.8 Å². The van der Waals surface area contributed by atoms with Crippen LogP contribution in [0.3, 0.4) is 0 Å². The van der Waals surface area contributed by atoms with Crippen LogP contribution < -0.4 is 5.32 Å². The topological polar surface area (TPSA) is 88.3 Å². The van der Waals surface area contributed by atoms with E-state index in [0.29, 0.717) is 16.1 Å². The maximum Gasteiger partial charge on any atom is 0.311 e. The van der Waals surface area contributed by atoms with Gasteiger partial charge in [0.05, 0.1) is 9.40 Å². The Hall–Kier alpha value is -1.21. The zero-order chi connectivity index (χ0) is 13.8. The molecule has 0 aliphatic heterocycles. The van der Waals surface area contributed by atoms with Crippen molar-refractivity contribution >= 4 is 27.3 Å². The standard InChI is InChI=1S/C12H16BrN3O3/c13-9-6-14-7-11(16(18)19)12(9)15-10-3-1-2-8(10)4-5-17/h6-8,10,17H,1-5H2,(H,14,15). The average Bonchev–Trinajstić information content (AvgIpc) is 2.79. The molecule has 2 rings (SSSR count). The lowest BCUT2D eigenvalue weighted by Crippen LogP contribution is -2.25. The van der Waals surface area contributed by atoms with Crippen molar-refractivity contribution in [1.29, 1.82) is 0 Å². The molecule has 104 valence electrons. The van der Waals surface area contributed by atoms with Gasteiger partial charge < -0.3 is 10.4 Å². The van der Waals surface area contributed by atoms with Crippen LogP contribution in [0.2, 0.25) is 0 Å². The lowest BCUT2D eigenvalue weighted by Gasteiger charge is -2.21. The van der Waals surface area contributed by atoms with Crippen LogP contribution in [0.15, 0.2) is 16.9 Å². The van der Waals surface area contributed by atoms with Crippen molar-refractivity contribution in [3.8, 4) is 0 Å². The second-order valence-corrected chi connectivity index (χ2v) is 5.58. The third-order valence-electron chi connectivity index (χ3n) is 3.57. The van der Waals surface area contributed by atoms with E-state index >= 15 is 0 Å². The van der Waals surface area contributed by atoms with Crippen LogP contribution in [0.25, 0.3) is 0 Å². The lowest BCUT2D eigenvalue weighted by molar-refractivity contribution is -0.384. The van der Waals surface area contributed by atoms with E-state index in [1.165, 1.54) is 6.20 Å². The van der Waals surface area contributed by atoms with E-state index < -0.39 is 4.92 Å². The molecule has 1 aliphatic carbocycles. The summed E-state index contributed by atoms with van der Waals surface area (Å²) in [5.41, 5.74) is 0.457. The van der Waals surface area contributed by atoms with Gasteiger partial charge in [-0.05, 0) is 41.1 Å². The molecule has 1 heterocycles. The first-order valence-corrected chi connectivity index (χ1v) is 7.08. The molecule has 2 N–H and O–H groups in total. The normalized spacial score (nSPS) is 22.4. The number of rotatable bonds is 5. The van der Waals surface area contributed by atoms with Crippen molar-refractivity contribution < 1.29 is 10.0 Å². The molecule has 0 spiro atoms. The Kier molecular flexibility index (Phi) is 4.71. The molecule has 0 amide bonds. The van der Waals surface area contributed by atoms with Crippen LogP contribution in [0.5, 0.6) is 0 Å². The SMILES string of the molecule is O=[N+]([O-])c1cncc(Br)c1NC1CCCC1CCO. The highest BCUT2D eigenvalue weighted by Gasteiger charge is 2.29. The van der Waals surface area contributed by atoms with E-state index in [9.17, 15) is 10.1 Å². The predicted molar refractivity (Wildman–Crippen MR) is 75.0 cm³/mol. The Bertz CT molecular complexity index is 470. The highest BCUT2D eigenvalue weighted by atomic mass is 79.9. The molecule has 1 aliphatic rings. The summed E-state index contributed by atoms with van der Waals surface area (Å²) in [6, 6.07) is 0.171. The highest BCUT2D eigenvalue weighted by molar-refractivity contribution is 9.10. The molecule has 1 fully saturated rings. The minimum atomic E-state index is -0.434. The quantitative estimate of drug-likeness (QED) is 0.640. The summed E-state index contributed by atoms with van der Waals surface area (Å²) < 4.78 is 0.594. The first kappa shape index (κ1) is 14.2. The van der Waals surface area contributed by atoms with Gasteiger partial charge in [-0.2, -0.15) is 0 Å². The van der Waals surface area contributed by atoms with E-state index in [0.717, 1.165) is 25.7 Å². The summed E-state index contributed by atoms with van der Waals surface area (Å²) in [4.78, 5) is 14.4. The number of hydrogen-bond acceptors (Lipinski definition) is 5. The molecule has 19 heavy (non-hydrogen) atoms. The number of nitrogens with one attached hydrogen (secondary N) is 1. The number of nitrogens with zero attached hydrogens (tertiary/aromatic N) is 2. The largest absolute Gasteiger partial charge is 0.396 e. The molecular weight excluding hydrogens is 314 g/mol. The zero-order valence-corrected chi connectivity index (χ0v) is 12.0. The third kappa shape index (κ3) is 3.22. The molecule has 0 bridgehead atoms. The van der Waals surface area contributed by atoms with Gasteiger partial charge in [-0.25, -0.2) is 0 Å². The molecule has 0 radical (unpaired) electrons. The van der Waals surface area contributed by atoms with Crippen molar-refractivity contribution in [2.45, 2.75) is 31.7 Å². The molecule has 7 heteroatoms. The fourth-order valence-corrected chi connectivity index (χ4v) is 3.07. The molecule has 6 nitrogen and oxygen atoms in total. The highest BCUT2D eigenvalue weighted by Crippen LogP contribution is 2.36. The molecule has 0 aromatic carbocycles. The molecule has 1 saturated carbocycles. The van der Waals surface area contributed by atoms with E-state index in [1.54, 1.807) is 6.20 Å². The predicted octanol–water partition coefficient (Wildman–Crippen LogP) is 2.72. The van der Waals surface area contributed by atoms with Gasteiger partial charge in [-0.15, -0.1) is 0 Å². The monoisotopic (exact) mass is 329 g/mol. The van der Waals surface area contributed by atoms with Crippen LogP contribution in [0.1, 0.15) is 25.7 Å².